The van der Waals surface area contributed by atoms with Gasteiger partial charge in [0.05, 0.1) is 23.7 Å². The second-order valence-corrected chi connectivity index (χ2v) is 4.07. The molecule has 0 bridgehead atoms. The van der Waals surface area contributed by atoms with Crippen molar-refractivity contribution in [2.24, 2.45) is 5.11 Å². The van der Waals surface area contributed by atoms with Gasteiger partial charge in [-0.25, -0.2) is 0 Å². The first-order valence-electron chi connectivity index (χ1n) is 5.53. The van der Waals surface area contributed by atoms with Crippen LogP contribution in [0.15, 0.2) is 11.3 Å². The SMILES string of the molecule is [N-]=[N+]=NCC1CCC(Cc2[nH]ncc2[N+](=O)[O-])O1. The number of nitrogens with one attached hydrogen (secondary N) is 1. The Morgan fingerprint density at radius 2 is 2.44 bits per heavy atom. The van der Waals surface area contributed by atoms with Gasteiger partial charge >= 0.3 is 5.69 Å². The van der Waals surface area contributed by atoms with Crippen molar-refractivity contribution in [1.29, 1.82) is 0 Å². The fourth-order valence-corrected chi connectivity index (χ4v) is 2.03. The van der Waals surface area contributed by atoms with Gasteiger partial charge in [0, 0.05) is 11.3 Å². The molecule has 1 fully saturated rings. The number of azide groups is 1. The summed E-state index contributed by atoms with van der Waals surface area (Å²) in [6, 6.07) is 0. The number of aromatic nitrogens is 2. The summed E-state index contributed by atoms with van der Waals surface area (Å²) in [4.78, 5) is 12.9. The summed E-state index contributed by atoms with van der Waals surface area (Å²) in [5.41, 5.74) is 8.66. The van der Waals surface area contributed by atoms with Crippen molar-refractivity contribution in [3.05, 3.63) is 32.4 Å². The van der Waals surface area contributed by atoms with Gasteiger partial charge in [-0.15, -0.1) is 0 Å². The molecule has 0 aromatic carbocycles. The quantitative estimate of drug-likeness (QED) is 0.281. The largest absolute Gasteiger partial charge is 0.374 e. The predicted octanol–water partition coefficient (Wildman–Crippen LogP) is 1.72. The average molecular weight is 252 g/mol. The lowest BCUT2D eigenvalue weighted by Gasteiger charge is -2.10. The summed E-state index contributed by atoms with van der Waals surface area (Å²) in [7, 11) is 0. The van der Waals surface area contributed by atoms with E-state index < -0.39 is 4.92 Å². The molecule has 0 amide bonds. The predicted molar refractivity (Wildman–Crippen MR) is 60.9 cm³/mol. The molecule has 1 aromatic rings. The van der Waals surface area contributed by atoms with Crippen LogP contribution in [0.5, 0.6) is 0 Å². The second-order valence-electron chi connectivity index (χ2n) is 4.07. The Labute approximate surface area is 102 Å². The zero-order valence-corrected chi connectivity index (χ0v) is 9.52. The van der Waals surface area contributed by atoms with E-state index in [9.17, 15) is 10.1 Å². The lowest BCUT2D eigenvalue weighted by Crippen LogP contribution is -2.16. The Bertz CT molecular complexity index is 480. The standard InChI is InChI=1S/C9H12N6O3/c10-14-12-4-7-2-1-6(18-7)3-8-9(15(16)17)5-11-13-8/h5-7H,1-4H2,(H,11,13). The third-order valence-corrected chi connectivity index (χ3v) is 2.87. The van der Waals surface area contributed by atoms with Crippen molar-refractivity contribution >= 4 is 5.69 Å². The van der Waals surface area contributed by atoms with Gasteiger partial charge in [0.1, 0.15) is 11.9 Å². The van der Waals surface area contributed by atoms with Crippen molar-refractivity contribution < 1.29 is 9.66 Å². The van der Waals surface area contributed by atoms with Crippen LogP contribution in [-0.4, -0.2) is 33.9 Å². The first-order chi connectivity index (χ1) is 8.70. The van der Waals surface area contributed by atoms with Crippen molar-refractivity contribution in [2.45, 2.75) is 31.5 Å². The van der Waals surface area contributed by atoms with Gasteiger partial charge < -0.3 is 4.74 Å². The van der Waals surface area contributed by atoms with Gasteiger partial charge in [-0.3, -0.25) is 15.2 Å². The number of ether oxygens (including phenoxy) is 1. The van der Waals surface area contributed by atoms with E-state index in [1.54, 1.807) is 0 Å². The molecule has 1 N–H and O–H groups in total. The summed E-state index contributed by atoms with van der Waals surface area (Å²) < 4.78 is 5.64. The highest BCUT2D eigenvalue weighted by atomic mass is 16.6. The lowest BCUT2D eigenvalue weighted by atomic mass is 10.1. The number of hydrogen-bond donors (Lipinski definition) is 1. The number of nitro groups is 1. The third-order valence-electron chi connectivity index (χ3n) is 2.87. The van der Waals surface area contributed by atoms with Gasteiger partial charge in [-0.1, -0.05) is 5.11 Å². The van der Waals surface area contributed by atoms with Crippen LogP contribution in [0.4, 0.5) is 5.69 Å². The van der Waals surface area contributed by atoms with Crippen LogP contribution < -0.4 is 0 Å². The molecule has 0 radical (unpaired) electrons. The molecule has 0 aliphatic carbocycles. The van der Waals surface area contributed by atoms with Crippen LogP contribution in [-0.2, 0) is 11.2 Å². The summed E-state index contributed by atoms with van der Waals surface area (Å²) in [6.45, 7) is 0.304. The molecule has 2 heterocycles. The van der Waals surface area contributed by atoms with Gasteiger partial charge in [0.25, 0.3) is 0 Å². The molecule has 1 aliphatic rings. The minimum atomic E-state index is -0.467. The van der Waals surface area contributed by atoms with E-state index in [4.69, 9.17) is 10.3 Å². The van der Waals surface area contributed by atoms with E-state index in [0.29, 0.717) is 18.7 Å². The van der Waals surface area contributed by atoms with Crippen molar-refractivity contribution in [1.82, 2.24) is 10.2 Å². The van der Waals surface area contributed by atoms with Crippen LogP contribution in [0.1, 0.15) is 18.5 Å². The molecule has 2 rings (SSSR count). The highest BCUT2D eigenvalue weighted by Gasteiger charge is 2.28. The molecule has 1 saturated heterocycles. The van der Waals surface area contributed by atoms with Gasteiger partial charge in [-0.05, 0) is 18.4 Å². The number of nitrogens with zero attached hydrogens (tertiary/aromatic N) is 5. The second kappa shape index (κ2) is 5.48. The Balaban J connectivity index is 1.93. The minimum absolute atomic E-state index is 0.0166. The molecule has 0 saturated carbocycles. The fourth-order valence-electron chi connectivity index (χ4n) is 2.03. The Morgan fingerprint density at radius 1 is 1.67 bits per heavy atom. The average Bonchev–Trinajstić information content (AvgIpc) is 2.96. The highest BCUT2D eigenvalue weighted by molar-refractivity contribution is 5.32. The summed E-state index contributed by atoms with van der Waals surface area (Å²) in [6.07, 6.45) is 3.02. The Hall–Kier alpha value is -2.12. The van der Waals surface area contributed by atoms with Gasteiger partial charge in [0.2, 0.25) is 0 Å². The topological polar surface area (TPSA) is 130 Å². The number of rotatable bonds is 5. The maximum atomic E-state index is 10.7. The normalized spacial score (nSPS) is 22.7. The highest BCUT2D eigenvalue weighted by Crippen LogP contribution is 2.25. The maximum absolute atomic E-state index is 10.7. The maximum Gasteiger partial charge on any atom is 0.309 e. The van der Waals surface area contributed by atoms with E-state index in [-0.39, 0.29) is 17.9 Å². The van der Waals surface area contributed by atoms with Crippen molar-refractivity contribution in [2.75, 3.05) is 6.54 Å². The first kappa shape index (κ1) is 12.3. The van der Waals surface area contributed by atoms with E-state index in [1.165, 1.54) is 6.20 Å². The molecular weight excluding hydrogens is 240 g/mol. The molecule has 9 heteroatoms. The number of H-pyrrole nitrogens is 1. The minimum Gasteiger partial charge on any atom is -0.374 e. The van der Waals surface area contributed by atoms with Crippen LogP contribution in [0, 0.1) is 10.1 Å². The molecular formula is C9H12N6O3. The van der Waals surface area contributed by atoms with E-state index in [1.807, 2.05) is 0 Å². The van der Waals surface area contributed by atoms with Crippen LogP contribution in [0.25, 0.3) is 10.4 Å². The summed E-state index contributed by atoms with van der Waals surface area (Å²) >= 11 is 0. The van der Waals surface area contributed by atoms with Crippen LogP contribution >= 0.6 is 0 Å². The van der Waals surface area contributed by atoms with E-state index >= 15 is 0 Å². The molecule has 2 atom stereocenters. The zero-order valence-electron chi connectivity index (χ0n) is 9.52. The zero-order chi connectivity index (χ0) is 13.0. The van der Waals surface area contributed by atoms with E-state index in [0.717, 1.165) is 12.8 Å². The molecule has 96 valence electrons. The summed E-state index contributed by atoms with van der Waals surface area (Å²) in [5.74, 6) is 0. The molecule has 18 heavy (non-hydrogen) atoms. The lowest BCUT2D eigenvalue weighted by molar-refractivity contribution is -0.385. The van der Waals surface area contributed by atoms with E-state index in [2.05, 4.69) is 20.2 Å². The first-order valence-corrected chi connectivity index (χ1v) is 5.53. The van der Waals surface area contributed by atoms with Gasteiger partial charge in [-0.2, -0.15) is 5.10 Å². The monoisotopic (exact) mass is 252 g/mol. The fraction of sp³-hybridized carbons (Fsp3) is 0.667. The van der Waals surface area contributed by atoms with Crippen LogP contribution in [0.2, 0.25) is 0 Å². The summed E-state index contributed by atoms with van der Waals surface area (Å²) in [5, 5.41) is 20.5. The third kappa shape index (κ3) is 2.76. The Kier molecular flexibility index (Phi) is 3.75. The van der Waals surface area contributed by atoms with Gasteiger partial charge in [0.15, 0.2) is 0 Å². The number of hydrogen-bond acceptors (Lipinski definition) is 5. The molecule has 1 aromatic heterocycles. The Morgan fingerprint density at radius 3 is 3.17 bits per heavy atom. The molecule has 2 unspecified atom stereocenters. The number of aromatic amines is 1. The molecule has 1 aliphatic heterocycles. The smallest absolute Gasteiger partial charge is 0.309 e. The van der Waals surface area contributed by atoms with Crippen LogP contribution in [0.3, 0.4) is 0 Å². The molecule has 9 nitrogen and oxygen atoms in total. The van der Waals surface area contributed by atoms with Crippen molar-refractivity contribution in [3.63, 3.8) is 0 Å². The molecule has 0 spiro atoms. The van der Waals surface area contributed by atoms with Crippen molar-refractivity contribution in [3.8, 4) is 0 Å².